The summed E-state index contributed by atoms with van der Waals surface area (Å²) in [7, 11) is 1.77. The largest absolute Gasteiger partial charge is 0.336 e. The van der Waals surface area contributed by atoms with E-state index in [4.69, 9.17) is 0 Å². The zero-order valence-electron chi connectivity index (χ0n) is 12.9. The van der Waals surface area contributed by atoms with Gasteiger partial charge < -0.3 is 4.90 Å². The molecule has 0 N–H and O–H groups in total. The van der Waals surface area contributed by atoms with Crippen molar-refractivity contribution in [3.05, 3.63) is 47.3 Å². The Morgan fingerprint density at radius 1 is 1.32 bits per heavy atom. The molecule has 5 nitrogen and oxygen atoms in total. The van der Waals surface area contributed by atoms with Gasteiger partial charge in [0, 0.05) is 31.1 Å². The van der Waals surface area contributed by atoms with E-state index in [1.54, 1.807) is 17.9 Å². The molecule has 0 aliphatic carbocycles. The molecule has 3 rings (SSSR count). The third-order valence-corrected chi connectivity index (χ3v) is 5.30. The molecule has 2 heterocycles. The van der Waals surface area contributed by atoms with Gasteiger partial charge in [0.2, 0.25) is 0 Å². The van der Waals surface area contributed by atoms with Crippen LogP contribution in [0.1, 0.15) is 33.3 Å². The number of nitrogens with zero attached hydrogens (tertiary/aromatic N) is 4. The van der Waals surface area contributed by atoms with E-state index < -0.39 is 0 Å². The quantitative estimate of drug-likeness (QED) is 0.854. The maximum Gasteiger partial charge on any atom is 0.276 e. The molecule has 1 aromatic carbocycles. The van der Waals surface area contributed by atoms with Crippen LogP contribution >= 0.6 is 11.8 Å². The normalized spacial score (nSPS) is 19.0. The van der Waals surface area contributed by atoms with Gasteiger partial charge in [0.25, 0.3) is 5.91 Å². The van der Waals surface area contributed by atoms with Gasteiger partial charge in [0.15, 0.2) is 5.69 Å². The molecule has 1 aliphatic heterocycles. The fraction of sp³-hybridized carbons (Fsp3) is 0.438. The Morgan fingerprint density at radius 3 is 2.86 bits per heavy atom. The van der Waals surface area contributed by atoms with Crippen molar-refractivity contribution in [2.45, 2.75) is 18.6 Å². The van der Waals surface area contributed by atoms with Gasteiger partial charge in [0.1, 0.15) is 0 Å². The fourth-order valence-electron chi connectivity index (χ4n) is 2.78. The van der Waals surface area contributed by atoms with E-state index in [0.29, 0.717) is 10.9 Å². The number of benzene rings is 1. The predicted octanol–water partition coefficient (Wildman–Crippen LogP) is 2.44. The second kappa shape index (κ2) is 6.52. The lowest BCUT2D eigenvalue weighted by Gasteiger charge is -2.19. The van der Waals surface area contributed by atoms with Gasteiger partial charge in [-0.2, -0.15) is 11.8 Å². The van der Waals surface area contributed by atoms with Crippen LogP contribution in [0.4, 0.5) is 0 Å². The molecule has 1 amide bonds. The molecular formula is C16H20N4OS. The minimum atomic E-state index is -0.0147. The first-order chi connectivity index (χ1) is 10.6. The Balaban J connectivity index is 1.70. The van der Waals surface area contributed by atoms with Crippen LogP contribution in [0.25, 0.3) is 0 Å². The smallest absolute Gasteiger partial charge is 0.276 e. The van der Waals surface area contributed by atoms with Crippen LogP contribution in [-0.2, 0) is 7.05 Å². The summed E-state index contributed by atoms with van der Waals surface area (Å²) in [6.45, 7) is 3.69. The molecule has 0 radical (unpaired) electrons. The maximum absolute atomic E-state index is 12.5. The van der Waals surface area contributed by atoms with E-state index in [-0.39, 0.29) is 5.91 Å². The first-order valence-electron chi connectivity index (χ1n) is 7.48. The summed E-state index contributed by atoms with van der Waals surface area (Å²) < 4.78 is 1.57. The van der Waals surface area contributed by atoms with Crippen molar-refractivity contribution in [2.24, 2.45) is 7.05 Å². The van der Waals surface area contributed by atoms with E-state index in [1.807, 2.05) is 16.7 Å². The summed E-state index contributed by atoms with van der Waals surface area (Å²) in [5.74, 6) is 0.935. The van der Waals surface area contributed by atoms with E-state index in [0.717, 1.165) is 25.3 Å². The Labute approximate surface area is 134 Å². The predicted molar refractivity (Wildman–Crippen MR) is 87.9 cm³/mol. The highest BCUT2D eigenvalue weighted by Gasteiger charge is 2.24. The first kappa shape index (κ1) is 15.1. The van der Waals surface area contributed by atoms with Crippen molar-refractivity contribution in [1.29, 1.82) is 0 Å². The van der Waals surface area contributed by atoms with E-state index >= 15 is 0 Å². The number of hydrogen-bond acceptors (Lipinski definition) is 4. The summed E-state index contributed by atoms with van der Waals surface area (Å²) in [6, 6.07) is 8.52. The van der Waals surface area contributed by atoms with Crippen LogP contribution in [0, 0.1) is 6.92 Å². The van der Waals surface area contributed by atoms with Gasteiger partial charge in [-0.05, 0) is 24.5 Å². The summed E-state index contributed by atoms with van der Waals surface area (Å²) in [5.41, 5.74) is 3.15. The first-order valence-corrected chi connectivity index (χ1v) is 8.53. The molecule has 0 spiro atoms. The number of carbonyl (C=O) groups is 1. The molecule has 22 heavy (non-hydrogen) atoms. The Hall–Kier alpha value is -1.82. The Morgan fingerprint density at radius 2 is 2.14 bits per heavy atom. The molecule has 0 unspecified atom stereocenters. The van der Waals surface area contributed by atoms with Crippen molar-refractivity contribution in [2.75, 3.05) is 18.8 Å². The van der Waals surface area contributed by atoms with Crippen LogP contribution in [0.3, 0.4) is 0 Å². The van der Waals surface area contributed by atoms with Crippen LogP contribution in [0.2, 0.25) is 0 Å². The molecule has 1 fully saturated rings. The number of amides is 1. The molecule has 1 aliphatic rings. The van der Waals surface area contributed by atoms with E-state index in [1.165, 1.54) is 11.1 Å². The third-order valence-electron chi connectivity index (χ3n) is 3.99. The maximum atomic E-state index is 12.5. The number of aromatic nitrogens is 3. The lowest BCUT2D eigenvalue weighted by molar-refractivity contribution is 0.0760. The summed E-state index contributed by atoms with van der Waals surface area (Å²) in [4.78, 5) is 14.4. The lowest BCUT2D eigenvalue weighted by Crippen LogP contribution is -2.33. The van der Waals surface area contributed by atoms with Gasteiger partial charge in [0.05, 0.1) is 6.20 Å². The van der Waals surface area contributed by atoms with Gasteiger partial charge in [-0.1, -0.05) is 29.5 Å². The molecule has 6 heteroatoms. The Kier molecular flexibility index (Phi) is 4.47. The van der Waals surface area contributed by atoms with Crippen LogP contribution < -0.4 is 0 Å². The fourth-order valence-corrected chi connectivity index (χ4v) is 4.10. The van der Waals surface area contributed by atoms with E-state index in [2.05, 4.69) is 41.5 Å². The van der Waals surface area contributed by atoms with Gasteiger partial charge in [-0.3, -0.25) is 9.48 Å². The monoisotopic (exact) mass is 316 g/mol. The zero-order valence-corrected chi connectivity index (χ0v) is 13.7. The highest BCUT2D eigenvalue weighted by atomic mass is 32.2. The van der Waals surface area contributed by atoms with E-state index in [9.17, 15) is 4.79 Å². The minimum absolute atomic E-state index is 0.0147. The SMILES string of the molecule is Cc1ccccc1[C@@H]1CCN(C(=O)c2cn(C)nn2)CCS1. The highest BCUT2D eigenvalue weighted by Crippen LogP contribution is 2.36. The van der Waals surface area contributed by atoms with Crippen LogP contribution in [0.15, 0.2) is 30.5 Å². The van der Waals surface area contributed by atoms with Crippen molar-refractivity contribution in [3.63, 3.8) is 0 Å². The van der Waals surface area contributed by atoms with Crippen molar-refractivity contribution in [1.82, 2.24) is 19.9 Å². The molecule has 1 saturated heterocycles. The molecule has 0 bridgehead atoms. The Bertz CT molecular complexity index is 670. The number of rotatable bonds is 2. The summed E-state index contributed by atoms with van der Waals surface area (Å²) in [5, 5.41) is 8.23. The van der Waals surface area contributed by atoms with Gasteiger partial charge in [-0.15, -0.1) is 5.10 Å². The molecule has 1 aromatic heterocycles. The molecule has 2 aromatic rings. The standard InChI is InChI=1S/C16H20N4OS/c1-12-5-3-4-6-13(12)15-7-8-20(9-10-22-15)16(21)14-11-19(2)18-17-14/h3-6,11,15H,7-10H2,1-2H3/t15-/m0/s1. The van der Waals surface area contributed by atoms with Gasteiger partial charge in [-0.25, -0.2) is 0 Å². The average molecular weight is 316 g/mol. The zero-order chi connectivity index (χ0) is 15.5. The van der Waals surface area contributed by atoms with Gasteiger partial charge >= 0.3 is 0 Å². The molecule has 0 saturated carbocycles. The second-order valence-electron chi connectivity index (χ2n) is 5.57. The second-order valence-corrected chi connectivity index (χ2v) is 6.88. The average Bonchev–Trinajstić information content (AvgIpc) is 2.81. The lowest BCUT2D eigenvalue weighted by atomic mass is 10.0. The van der Waals surface area contributed by atoms with Crippen molar-refractivity contribution in [3.8, 4) is 0 Å². The molecule has 1 atom stereocenters. The topological polar surface area (TPSA) is 51.0 Å². The van der Waals surface area contributed by atoms with Crippen LogP contribution in [-0.4, -0.2) is 44.6 Å². The summed E-state index contributed by atoms with van der Waals surface area (Å²) >= 11 is 1.94. The highest BCUT2D eigenvalue weighted by molar-refractivity contribution is 7.99. The van der Waals surface area contributed by atoms with Crippen molar-refractivity contribution < 1.29 is 4.79 Å². The molecule has 116 valence electrons. The minimum Gasteiger partial charge on any atom is -0.336 e. The summed E-state index contributed by atoms with van der Waals surface area (Å²) in [6.07, 6.45) is 2.65. The third kappa shape index (κ3) is 3.16. The van der Waals surface area contributed by atoms with Crippen molar-refractivity contribution >= 4 is 17.7 Å². The number of aryl methyl sites for hydroxylation is 2. The number of carbonyl (C=O) groups excluding carboxylic acids is 1. The van der Waals surface area contributed by atoms with Crippen LogP contribution in [0.5, 0.6) is 0 Å². The number of thioether (sulfide) groups is 1. The number of hydrogen-bond donors (Lipinski definition) is 0. The molecular weight excluding hydrogens is 296 g/mol.